The van der Waals surface area contributed by atoms with Crippen molar-refractivity contribution >= 4 is 0 Å². The van der Waals surface area contributed by atoms with Gasteiger partial charge >= 0.3 is 6.18 Å². The second-order valence-corrected chi connectivity index (χ2v) is 4.70. The lowest BCUT2D eigenvalue weighted by atomic mass is 10.1. The van der Waals surface area contributed by atoms with Crippen molar-refractivity contribution in [3.8, 4) is 0 Å². The summed E-state index contributed by atoms with van der Waals surface area (Å²) in [6, 6.07) is 6.22. The molecule has 2 N–H and O–H groups in total. The summed E-state index contributed by atoms with van der Waals surface area (Å²) >= 11 is 0. The fourth-order valence-corrected chi connectivity index (χ4v) is 1.85. The first-order chi connectivity index (χ1) is 9.86. The number of hydrogen-bond acceptors (Lipinski definition) is 4. The maximum atomic E-state index is 12.4. The van der Waals surface area contributed by atoms with Gasteiger partial charge in [0, 0.05) is 19.2 Å². The van der Waals surface area contributed by atoms with E-state index < -0.39 is 17.8 Å². The van der Waals surface area contributed by atoms with Crippen molar-refractivity contribution in [3.63, 3.8) is 0 Å². The summed E-state index contributed by atoms with van der Waals surface area (Å²) in [5.74, 6) is 0.690. The minimum absolute atomic E-state index is 0.206. The van der Waals surface area contributed by atoms with Crippen molar-refractivity contribution in [2.24, 2.45) is 0 Å². The maximum Gasteiger partial charge on any atom is 0.416 e. The summed E-state index contributed by atoms with van der Waals surface area (Å²) in [4.78, 5) is 0. The number of aliphatic hydroxyl groups excluding tert-OH is 1. The third-order valence-corrected chi connectivity index (χ3v) is 2.94. The molecule has 0 bridgehead atoms. The molecule has 0 saturated heterocycles. The van der Waals surface area contributed by atoms with Gasteiger partial charge in [0.15, 0.2) is 0 Å². The van der Waals surface area contributed by atoms with Gasteiger partial charge in [-0.1, -0.05) is 17.3 Å². The molecule has 21 heavy (non-hydrogen) atoms. The molecule has 1 heterocycles. The van der Waals surface area contributed by atoms with Crippen LogP contribution in [0.3, 0.4) is 0 Å². The Hall–Kier alpha value is -1.86. The standard InChI is InChI=1S/C14H15F3N2O2/c1-9-6-12(19-21-9)7-18-8-13(20)10-2-4-11(5-3-10)14(15,16)17/h2-6,13,18,20H,7-8H2,1H3. The Morgan fingerprint density at radius 1 is 1.29 bits per heavy atom. The van der Waals surface area contributed by atoms with E-state index in [2.05, 4.69) is 10.5 Å². The zero-order valence-electron chi connectivity index (χ0n) is 11.3. The van der Waals surface area contributed by atoms with E-state index in [0.29, 0.717) is 23.6 Å². The second kappa shape index (κ2) is 6.28. The van der Waals surface area contributed by atoms with Gasteiger partial charge in [0.05, 0.1) is 17.4 Å². The van der Waals surface area contributed by atoms with Gasteiger partial charge in [-0.05, 0) is 24.6 Å². The molecule has 0 saturated carbocycles. The van der Waals surface area contributed by atoms with E-state index in [1.807, 2.05) is 0 Å². The molecule has 0 aliphatic carbocycles. The van der Waals surface area contributed by atoms with Gasteiger partial charge in [0.25, 0.3) is 0 Å². The molecule has 0 radical (unpaired) electrons. The van der Waals surface area contributed by atoms with Crippen molar-refractivity contribution < 1.29 is 22.8 Å². The third-order valence-electron chi connectivity index (χ3n) is 2.94. The highest BCUT2D eigenvalue weighted by Crippen LogP contribution is 2.29. The summed E-state index contributed by atoms with van der Waals surface area (Å²) in [5, 5.41) is 16.7. The van der Waals surface area contributed by atoms with E-state index in [1.54, 1.807) is 13.0 Å². The van der Waals surface area contributed by atoms with Crippen LogP contribution in [0.1, 0.15) is 28.7 Å². The number of hydrogen-bond donors (Lipinski definition) is 2. The van der Waals surface area contributed by atoms with Gasteiger partial charge in [-0.25, -0.2) is 0 Å². The molecule has 0 amide bonds. The predicted molar refractivity (Wildman–Crippen MR) is 69.4 cm³/mol. The van der Waals surface area contributed by atoms with Crippen LogP contribution in [-0.4, -0.2) is 16.8 Å². The monoisotopic (exact) mass is 300 g/mol. The molecular formula is C14H15F3N2O2. The molecule has 1 unspecified atom stereocenters. The summed E-state index contributed by atoms with van der Waals surface area (Å²) in [6.07, 6.45) is -5.26. The van der Waals surface area contributed by atoms with Crippen LogP contribution >= 0.6 is 0 Å². The van der Waals surface area contributed by atoms with Crippen molar-refractivity contribution in [2.75, 3.05) is 6.54 Å². The van der Waals surface area contributed by atoms with Crippen molar-refractivity contribution in [2.45, 2.75) is 25.7 Å². The average molecular weight is 300 g/mol. The van der Waals surface area contributed by atoms with Crippen molar-refractivity contribution in [3.05, 3.63) is 52.9 Å². The van der Waals surface area contributed by atoms with Crippen LogP contribution in [0.15, 0.2) is 34.9 Å². The Morgan fingerprint density at radius 3 is 2.48 bits per heavy atom. The number of nitrogens with zero attached hydrogens (tertiary/aromatic N) is 1. The molecule has 2 aromatic rings. The van der Waals surface area contributed by atoms with E-state index in [-0.39, 0.29) is 6.54 Å². The molecule has 1 atom stereocenters. The molecule has 4 nitrogen and oxygen atoms in total. The minimum Gasteiger partial charge on any atom is -0.387 e. The number of aliphatic hydroxyl groups is 1. The van der Waals surface area contributed by atoms with Gasteiger partial charge in [0.1, 0.15) is 5.76 Å². The Bertz CT molecular complexity index is 579. The fraction of sp³-hybridized carbons (Fsp3) is 0.357. The Kier molecular flexibility index (Phi) is 4.64. The summed E-state index contributed by atoms with van der Waals surface area (Å²) in [5.41, 5.74) is 0.392. The Balaban J connectivity index is 1.87. The first kappa shape index (κ1) is 15.5. The molecule has 2 rings (SSSR count). The summed E-state index contributed by atoms with van der Waals surface area (Å²) in [6.45, 7) is 2.39. The summed E-state index contributed by atoms with van der Waals surface area (Å²) in [7, 11) is 0. The molecule has 0 spiro atoms. The number of aryl methyl sites for hydroxylation is 1. The number of nitrogens with one attached hydrogen (secondary N) is 1. The number of benzene rings is 1. The molecule has 0 aliphatic rings. The lowest BCUT2D eigenvalue weighted by Gasteiger charge is -2.13. The number of rotatable bonds is 5. The van der Waals surface area contributed by atoms with Gasteiger partial charge in [-0.2, -0.15) is 13.2 Å². The quantitative estimate of drug-likeness (QED) is 0.891. The topological polar surface area (TPSA) is 58.3 Å². The fourth-order valence-electron chi connectivity index (χ4n) is 1.85. The van der Waals surface area contributed by atoms with Crippen molar-refractivity contribution in [1.29, 1.82) is 0 Å². The largest absolute Gasteiger partial charge is 0.416 e. The molecule has 7 heteroatoms. The number of aromatic nitrogens is 1. The van der Waals surface area contributed by atoms with Gasteiger partial charge in [-0.3, -0.25) is 0 Å². The lowest BCUT2D eigenvalue weighted by Crippen LogP contribution is -2.21. The van der Waals surface area contributed by atoms with Gasteiger partial charge in [0.2, 0.25) is 0 Å². The normalized spacial score (nSPS) is 13.4. The molecule has 114 valence electrons. The molecule has 0 aliphatic heterocycles. The minimum atomic E-state index is -4.37. The molecule has 0 fully saturated rings. The third kappa shape index (κ3) is 4.30. The Morgan fingerprint density at radius 2 is 1.95 bits per heavy atom. The number of halogens is 3. The van der Waals surface area contributed by atoms with Crippen LogP contribution in [0.2, 0.25) is 0 Å². The van der Waals surface area contributed by atoms with E-state index >= 15 is 0 Å². The average Bonchev–Trinajstić information content (AvgIpc) is 2.83. The Labute approximate surface area is 119 Å². The molecular weight excluding hydrogens is 285 g/mol. The van der Waals surface area contributed by atoms with Gasteiger partial charge in [-0.15, -0.1) is 0 Å². The van der Waals surface area contributed by atoms with E-state index in [9.17, 15) is 18.3 Å². The lowest BCUT2D eigenvalue weighted by molar-refractivity contribution is -0.137. The van der Waals surface area contributed by atoms with E-state index in [1.165, 1.54) is 12.1 Å². The highest BCUT2D eigenvalue weighted by molar-refractivity contribution is 5.26. The smallest absolute Gasteiger partial charge is 0.387 e. The van der Waals surface area contributed by atoms with Crippen LogP contribution < -0.4 is 5.32 Å². The van der Waals surface area contributed by atoms with Crippen LogP contribution in [0.5, 0.6) is 0 Å². The molecule has 1 aromatic carbocycles. The van der Waals surface area contributed by atoms with E-state index in [4.69, 9.17) is 4.52 Å². The highest BCUT2D eigenvalue weighted by atomic mass is 19.4. The van der Waals surface area contributed by atoms with Crippen LogP contribution in [0.4, 0.5) is 13.2 Å². The predicted octanol–water partition coefficient (Wildman–Crippen LogP) is 2.83. The highest BCUT2D eigenvalue weighted by Gasteiger charge is 2.30. The first-order valence-electron chi connectivity index (χ1n) is 6.34. The van der Waals surface area contributed by atoms with Gasteiger partial charge < -0.3 is 14.9 Å². The second-order valence-electron chi connectivity index (χ2n) is 4.70. The van der Waals surface area contributed by atoms with Crippen LogP contribution in [0, 0.1) is 6.92 Å². The van der Waals surface area contributed by atoms with Crippen molar-refractivity contribution in [1.82, 2.24) is 10.5 Å². The SMILES string of the molecule is Cc1cc(CNCC(O)c2ccc(C(F)(F)F)cc2)no1. The zero-order chi connectivity index (χ0) is 15.5. The number of alkyl halides is 3. The summed E-state index contributed by atoms with van der Waals surface area (Å²) < 4.78 is 42.2. The first-order valence-corrected chi connectivity index (χ1v) is 6.34. The molecule has 1 aromatic heterocycles. The maximum absolute atomic E-state index is 12.4. The van der Waals surface area contributed by atoms with Crippen LogP contribution in [-0.2, 0) is 12.7 Å². The van der Waals surface area contributed by atoms with E-state index in [0.717, 1.165) is 12.1 Å². The zero-order valence-corrected chi connectivity index (χ0v) is 11.3. The van der Waals surface area contributed by atoms with Crippen LogP contribution in [0.25, 0.3) is 0 Å².